The van der Waals surface area contributed by atoms with E-state index in [1.807, 2.05) is 59.5 Å². The van der Waals surface area contributed by atoms with Crippen molar-refractivity contribution in [2.75, 3.05) is 31.2 Å². The fourth-order valence-electron chi connectivity index (χ4n) is 3.07. The van der Waals surface area contributed by atoms with E-state index in [1.165, 1.54) is 0 Å². The Morgan fingerprint density at radius 1 is 0.657 bits per heavy atom. The Bertz CT molecular complexity index is 1150. The van der Waals surface area contributed by atoms with Crippen molar-refractivity contribution in [2.45, 2.75) is 0 Å². The lowest BCUT2D eigenvalue weighted by Crippen LogP contribution is -2.32. The van der Waals surface area contributed by atoms with Gasteiger partial charge in [-0.25, -0.2) is 9.59 Å². The molecule has 0 atom stereocenters. The topological polar surface area (TPSA) is 55.8 Å². The number of carbonyl (C=O) groups is 2. The van der Waals surface area contributed by atoms with Crippen LogP contribution in [0.25, 0.3) is 0 Å². The van der Waals surface area contributed by atoms with Gasteiger partial charge in [0, 0.05) is 27.1 Å². The molecule has 0 saturated carbocycles. The summed E-state index contributed by atoms with van der Waals surface area (Å²) in [4.78, 5) is 27.5. The summed E-state index contributed by atoms with van der Waals surface area (Å²) in [6, 6.07) is 17.6. The van der Waals surface area contributed by atoms with Crippen molar-refractivity contribution in [3.05, 3.63) is 87.1 Å². The van der Waals surface area contributed by atoms with Crippen LogP contribution in [-0.4, -0.2) is 38.2 Å². The molecule has 0 heterocycles. The van der Waals surface area contributed by atoms with E-state index in [2.05, 4.69) is 136 Å². The van der Waals surface area contributed by atoms with Gasteiger partial charge in [0.25, 0.3) is 0 Å². The molecule has 0 unspecified atom stereocenters. The number of rotatable bonds is 9. The molecule has 0 fully saturated rings. The Hall–Kier alpha value is 0.780. The summed E-state index contributed by atoms with van der Waals surface area (Å²) in [5, 5.41) is 0. The summed E-state index contributed by atoms with van der Waals surface area (Å²) >= 11 is 13.2. The van der Waals surface area contributed by atoms with Crippen LogP contribution in [-0.2, 0) is 9.47 Å². The minimum absolute atomic E-state index is 0.215. The van der Waals surface area contributed by atoms with Crippen LogP contribution in [0, 0.1) is 21.4 Å². The maximum atomic E-state index is 12.7. The molecule has 11 heteroatoms. The minimum atomic E-state index is -0.340. The molecule has 3 aromatic carbocycles. The van der Waals surface area contributed by atoms with E-state index < -0.39 is 0 Å². The predicted molar refractivity (Wildman–Crippen MR) is 188 cm³/mol. The van der Waals surface area contributed by atoms with Crippen molar-refractivity contribution < 1.29 is 19.1 Å². The van der Waals surface area contributed by atoms with E-state index in [-0.39, 0.29) is 25.2 Å². The highest BCUT2D eigenvalue weighted by Crippen LogP contribution is 2.25. The van der Waals surface area contributed by atoms with Gasteiger partial charge in [0.1, 0.15) is 13.2 Å². The highest BCUT2D eigenvalue weighted by atomic mass is 127. The Morgan fingerprint density at radius 2 is 1.09 bits per heavy atom. The number of nitrogens with zero attached hydrogens (tertiary/aromatic N) is 1. The number of hydrogen-bond acceptors (Lipinski definition) is 5. The van der Waals surface area contributed by atoms with Crippen molar-refractivity contribution >= 4 is 153 Å². The van der Waals surface area contributed by atoms with Gasteiger partial charge in [-0.1, -0.05) is 18.2 Å². The zero-order valence-electron chi connectivity index (χ0n) is 17.9. The highest BCUT2D eigenvalue weighted by molar-refractivity contribution is 14.1. The van der Waals surface area contributed by atoms with Crippen LogP contribution in [0.3, 0.4) is 0 Å². The van der Waals surface area contributed by atoms with Crippen molar-refractivity contribution in [2.24, 2.45) is 0 Å². The Labute approximate surface area is 286 Å². The van der Waals surface area contributed by atoms with Crippen molar-refractivity contribution in [1.82, 2.24) is 0 Å². The summed E-state index contributed by atoms with van der Waals surface area (Å²) in [6.07, 6.45) is 0. The second kappa shape index (κ2) is 14.8. The first-order valence-corrected chi connectivity index (χ1v) is 16.6. The Kier molecular flexibility index (Phi) is 12.8. The van der Waals surface area contributed by atoms with E-state index in [4.69, 9.17) is 9.47 Å². The van der Waals surface area contributed by atoms with Gasteiger partial charge in [-0.3, -0.25) is 0 Å². The Morgan fingerprint density at radius 3 is 1.51 bits per heavy atom. The highest BCUT2D eigenvalue weighted by Gasteiger charge is 2.18. The lowest BCUT2D eigenvalue weighted by atomic mass is 10.2. The molecule has 0 amide bonds. The second-order valence-corrected chi connectivity index (χ2v) is 14.1. The average molecular weight is 1140 g/mol. The second-order valence-electron chi connectivity index (χ2n) is 7.09. The summed E-state index contributed by atoms with van der Waals surface area (Å²) in [6.45, 7) is 1.38. The van der Waals surface area contributed by atoms with Crippen LogP contribution in [0.5, 0.6) is 0 Å². The molecule has 184 valence electrons. The number of carbonyl (C=O) groups excluding carboxylic acids is 2. The standard InChI is InChI=1S/C24H17I6NO4/c25-14-10-17(21(29)19(27)12-14)23(32)34-8-6-31(16-4-2-1-3-5-16)7-9-35-24(33)18-11-15(26)13-20(28)22(18)30/h1-5,10-13H,6-9H2. The first-order chi connectivity index (χ1) is 16.7. The molecule has 0 aromatic heterocycles. The third-order valence-electron chi connectivity index (χ3n) is 4.74. The van der Waals surface area contributed by atoms with E-state index in [0.29, 0.717) is 24.2 Å². The SMILES string of the molecule is O=C(OCCN(CCOC(=O)c1cc(I)cc(I)c1I)c1ccccc1)c1cc(I)cc(I)c1I. The van der Waals surface area contributed by atoms with E-state index in [0.717, 1.165) is 27.1 Å². The third-order valence-corrected chi connectivity index (χ3v) is 12.1. The third kappa shape index (κ3) is 8.91. The van der Waals surface area contributed by atoms with Crippen molar-refractivity contribution in [3.8, 4) is 0 Å². The predicted octanol–water partition coefficient (Wildman–Crippen LogP) is 7.83. The number of benzene rings is 3. The number of hydrogen-bond donors (Lipinski definition) is 0. The molecule has 0 aliphatic heterocycles. The van der Waals surface area contributed by atoms with Crippen LogP contribution < -0.4 is 4.90 Å². The maximum absolute atomic E-state index is 12.7. The van der Waals surface area contributed by atoms with Crippen LogP contribution in [0.1, 0.15) is 20.7 Å². The molecular weight excluding hydrogens is 1130 g/mol. The lowest BCUT2D eigenvalue weighted by Gasteiger charge is -2.24. The number of esters is 2. The monoisotopic (exact) mass is 1140 g/mol. The van der Waals surface area contributed by atoms with Crippen LogP contribution in [0.2, 0.25) is 0 Å². The molecule has 35 heavy (non-hydrogen) atoms. The molecule has 0 spiro atoms. The molecule has 0 bridgehead atoms. The number of ether oxygens (including phenoxy) is 2. The van der Waals surface area contributed by atoms with E-state index in [9.17, 15) is 9.59 Å². The molecule has 0 saturated heterocycles. The van der Waals surface area contributed by atoms with Crippen LogP contribution in [0.15, 0.2) is 54.6 Å². The van der Waals surface area contributed by atoms with Gasteiger partial charge in [-0.2, -0.15) is 0 Å². The first-order valence-electron chi connectivity index (χ1n) is 10.1. The smallest absolute Gasteiger partial charge is 0.339 e. The van der Waals surface area contributed by atoms with Gasteiger partial charge in [0.05, 0.1) is 24.2 Å². The molecule has 0 aliphatic carbocycles. The van der Waals surface area contributed by atoms with E-state index in [1.54, 1.807) is 0 Å². The average Bonchev–Trinajstić information content (AvgIpc) is 2.82. The zero-order valence-corrected chi connectivity index (χ0v) is 30.8. The summed E-state index contributed by atoms with van der Waals surface area (Å²) in [7, 11) is 0. The van der Waals surface area contributed by atoms with Gasteiger partial charge in [0.2, 0.25) is 0 Å². The lowest BCUT2D eigenvalue weighted by molar-refractivity contribution is 0.0502. The Balaban J connectivity index is 1.62. The molecule has 3 rings (SSSR count). The fourth-order valence-corrected chi connectivity index (χ4v) is 7.82. The number of halogens is 6. The summed E-state index contributed by atoms with van der Waals surface area (Å²) in [5.74, 6) is -0.679. The summed E-state index contributed by atoms with van der Waals surface area (Å²) in [5.41, 5.74) is 2.11. The quantitative estimate of drug-likeness (QED) is 0.124. The van der Waals surface area contributed by atoms with Gasteiger partial charge in [-0.15, -0.1) is 0 Å². The fraction of sp³-hybridized carbons (Fsp3) is 0.167. The minimum Gasteiger partial charge on any atom is -0.460 e. The van der Waals surface area contributed by atoms with Gasteiger partial charge in [-0.05, 0) is 172 Å². The molecule has 0 N–H and O–H groups in total. The molecule has 0 radical (unpaired) electrons. The number of para-hydroxylation sites is 1. The van der Waals surface area contributed by atoms with Gasteiger partial charge in [0.15, 0.2) is 0 Å². The van der Waals surface area contributed by atoms with E-state index >= 15 is 0 Å². The van der Waals surface area contributed by atoms with Gasteiger partial charge < -0.3 is 14.4 Å². The first kappa shape index (κ1) is 30.3. The number of anilines is 1. The molecule has 0 aliphatic rings. The van der Waals surface area contributed by atoms with Crippen molar-refractivity contribution in [3.63, 3.8) is 0 Å². The maximum Gasteiger partial charge on any atom is 0.339 e. The van der Waals surface area contributed by atoms with Gasteiger partial charge >= 0.3 is 11.9 Å². The van der Waals surface area contributed by atoms with Crippen molar-refractivity contribution in [1.29, 1.82) is 0 Å². The molecule has 3 aromatic rings. The largest absolute Gasteiger partial charge is 0.460 e. The molecule has 5 nitrogen and oxygen atoms in total. The molecular formula is C24H17I6NO4. The van der Waals surface area contributed by atoms with Crippen LogP contribution in [0.4, 0.5) is 5.69 Å². The normalized spacial score (nSPS) is 10.7. The zero-order chi connectivity index (χ0) is 25.5. The summed E-state index contributed by atoms with van der Waals surface area (Å²) < 4.78 is 17.0. The van der Waals surface area contributed by atoms with Crippen LogP contribution >= 0.6 is 136 Å².